The van der Waals surface area contributed by atoms with E-state index in [-0.39, 0.29) is 162 Å². The summed E-state index contributed by atoms with van der Waals surface area (Å²) in [5.41, 5.74) is 22.1. The molecule has 8 aromatic carbocycles. The maximum absolute atomic E-state index is 11.4. The maximum Gasteiger partial charge on any atom is 0.159 e. The minimum absolute atomic E-state index is 0. The number of carbonyl (C=O) groups excluding carboxylic acids is 4. The van der Waals surface area contributed by atoms with E-state index in [4.69, 9.17) is 32.8 Å². The molecule has 16 heteroatoms. The van der Waals surface area contributed by atoms with Gasteiger partial charge in [-0.15, -0.1) is 140 Å². The number of aromatic nitrogens is 4. The summed E-state index contributed by atoms with van der Waals surface area (Å²) in [7, 11) is 0. The smallest absolute Gasteiger partial charge is 0.159 e. The van der Waals surface area contributed by atoms with E-state index in [1.807, 2.05) is 205 Å². The second-order valence-electron chi connectivity index (χ2n) is 41.7. The molecule has 12 nitrogen and oxygen atoms in total. The third-order valence-electron chi connectivity index (χ3n) is 20.8. The normalized spacial score (nSPS) is 13.8. The fourth-order valence-electron chi connectivity index (χ4n) is 15.5. The predicted molar refractivity (Wildman–Crippen MR) is 595 cm³/mol. The molecule has 12 aromatic rings. The summed E-state index contributed by atoms with van der Waals surface area (Å²) in [5, 5.41) is 41.6. The molecule has 0 amide bonds. The molecule has 0 fully saturated rings. The Bertz CT molecular complexity index is 6570. The first-order chi connectivity index (χ1) is 70.9. The minimum atomic E-state index is -2.77. The van der Waals surface area contributed by atoms with Gasteiger partial charge in [0.1, 0.15) is 0 Å². The van der Waals surface area contributed by atoms with Crippen molar-refractivity contribution in [3.8, 4) is 45.0 Å². The molecule has 12 rings (SSSR count). The van der Waals surface area contributed by atoms with Gasteiger partial charge in [0.25, 0.3) is 0 Å². The van der Waals surface area contributed by atoms with Crippen LogP contribution >= 0.6 is 0 Å². The Balaban J connectivity index is 0.000000911. The summed E-state index contributed by atoms with van der Waals surface area (Å²) in [4.78, 5) is 64.1. The van der Waals surface area contributed by atoms with E-state index in [1.54, 1.807) is 25.1 Å². The van der Waals surface area contributed by atoms with Crippen LogP contribution in [0.2, 0.25) is 0 Å². The molecule has 0 aliphatic rings. The molecule has 0 spiro atoms. The predicted octanol–water partition coefficient (Wildman–Crippen LogP) is 34.4. The van der Waals surface area contributed by atoms with Crippen LogP contribution in [0.1, 0.15) is 302 Å². The summed E-state index contributed by atoms with van der Waals surface area (Å²) >= 11 is 0. The van der Waals surface area contributed by atoms with Crippen molar-refractivity contribution in [1.29, 1.82) is 0 Å². The molecule has 2 unspecified atom stereocenters. The van der Waals surface area contributed by atoms with Gasteiger partial charge in [0.05, 0.1) is 46.5 Å². The average molecular weight is 2670 g/mol. The molecule has 4 heterocycles. The molecule has 788 valence electrons. The molecule has 0 bridgehead atoms. The molecule has 4 radical (unpaired) electrons. The molecule has 2 atom stereocenters. The van der Waals surface area contributed by atoms with Crippen molar-refractivity contribution in [1.82, 2.24) is 19.9 Å². The Hall–Kier alpha value is -9.16. The van der Waals surface area contributed by atoms with E-state index in [0.717, 1.165) is 125 Å². The van der Waals surface area contributed by atoms with Crippen LogP contribution in [-0.4, -0.2) is 63.5 Å². The topological polar surface area (TPSA) is 201 Å². The van der Waals surface area contributed by atoms with Crippen LogP contribution in [0, 0.1) is 151 Å². The number of hydrogen-bond donors (Lipinski definition) is 4. The van der Waals surface area contributed by atoms with Crippen molar-refractivity contribution < 1.29 is 138 Å². The van der Waals surface area contributed by atoms with Crippen molar-refractivity contribution in [2.75, 3.05) is 0 Å². The summed E-state index contributed by atoms with van der Waals surface area (Å²) in [5.74, 6) is 1.67. The Morgan fingerprint density at radius 2 is 0.535 bits per heavy atom. The molecular weight excluding hydrogens is 2490 g/mol. The van der Waals surface area contributed by atoms with Gasteiger partial charge in [-0.3, -0.25) is 39.1 Å². The first-order valence-corrected chi connectivity index (χ1v) is 49.7. The number of ketones is 4. The van der Waals surface area contributed by atoms with E-state index >= 15 is 0 Å². The van der Waals surface area contributed by atoms with Crippen LogP contribution in [0.5, 0.6) is 0 Å². The van der Waals surface area contributed by atoms with E-state index in [2.05, 4.69) is 157 Å². The number of fused-ring (bicyclic) bond motifs is 4. The average Bonchev–Trinajstić information content (AvgIpc) is 0.745. The number of benzene rings is 8. The van der Waals surface area contributed by atoms with Crippen LogP contribution in [0.25, 0.3) is 88.6 Å². The minimum Gasteiger partial charge on any atom is -0.512 e. The van der Waals surface area contributed by atoms with Gasteiger partial charge in [-0.2, -0.15) is 0 Å². The molecule has 0 aliphatic carbocycles. The van der Waals surface area contributed by atoms with E-state index < -0.39 is 32.8 Å². The standard InChI is InChI=1S/4C21H22N.4C11H20O2.4Ir/c4*1-14(2)9-17-5-6-18-7-8-20(22-21(18)13-17)19-11-15(3)10-16(4)12-19;4*1-8(2)5-10(12)7-11(13)6-9(3)4;;;;/h4*5-8,10-11,13-14H,9H2,1-4H3;4*7-9,12H,5-6H2,1-4H3;;;;/q4*-1;;;;;;;;/i1D3,9D2,14D;4D3;1D3;;7D;;;;;;;. The van der Waals surface area contributed by atoms with E-state index in [9.17, 15) is 39.6 Å². The number of aryl methyl sites for hydroxylation is 8. The monoisotopic (exact) mass is 2670 g/mol. The maximum atomic E-state index is 11.4. The van der Waals surface area contributed by atoms with Gasteiger partial charge in [0.2, 0.25) is 0 Å². The van der Waals surface area contributed by atoms with Gasteiger partial charge in [0, 0.05) is 173 Å². The number of allylic oxidation sites excluding steroid dienone is 8. The quantitative estimate of drug-likeness (QED) is 0.0177. The van der Waals surface area contributed by atoms with Gasteiger partial charge in [-0.05, 0) is 187 Å². The first-order valence-electron chi connectivity index (χ1n) is 56.2. The zero-order valence-electron chi connectivity index (χ0n) is 104. The Kier molecular flexibility index (Phi) is 51.9. The van der Waals surface area contributed by atoms with Crippen LogP contribution in [0.4, 0.5) is 0 Å². The molecular formula is C128H168Ir4N4O8-4. The van der Waals surface area contributed by atoms with Gasteiger partial charge in [0.15, 0.2) is 23.1 Å². The second-order valence-corrected chi connectivity index (χ2v) is 41.7. The van der Waals surface area contributed by atoms with Gasteiger partial charge >= 0.3 is 0 Å². The number of hydrogen-bond acceptors (Lipinski definition) is 12. The zero-order valence-corrected chi connectivity index (χ0v) is 100. The largest absolute Gasteiger partial charge is 0.512 e. The fraction of sp³-hybridized carbons (Fsp3) is 0.438. The third kappa shape index (κ3) is 54.0. The van der Waals surface area contributed by atoms with Crippen molar-refractivity contribution >= 4 is 66.7 Å². The van der Waals surface area contributed by atoms with Crippen LogP contribution in [0.15, 0.2) is 217 Å². The fourth-order valence-corrected chi connectivity index (χ4v) is 15.5. The molecule has 4 N–H and O–H groups in total. The number of carbonyl (C=O) groups is 4. The van der Waals surface area contributed by atoms with Crippen molar-refractivity contribution in [2.24, 2.45) is 71.0 Å². The number of pyridine rings is 4. The van der Waals surface area contributed by atoms with Crippen molar-refractivity contribution in [3.05, 3.63) is 308 Å². The number of aliphatic hydroxyl groups is 4. The van der Waals surface area contributed by atoms with Crippen molar-refractivity contribution in [2.45, 2.75) is 298 Å². The molecule has 4 aromatic heterocycles. The third-order valence-corrected chi connectivity index (χ3v) is 20.8. The Morgan fingerprint density at radius 3 is 0.785 bits per heavy atom. The van der Waals surface area contributed by atoms with Crippen LogP contribution in [-0.2, 0) is 125 Å². The van der Waals surface area contributed by atoms with Gasteiger partial charge in [-0.1, -0.05) is 318 Å². The van der Waals surface area contributed by atoms with Gasteiger partial charge in [-0.25, -0.2) is 0 Å². The number of nitrogens with zero attached hydrogens (tertiary/aromatic N) is 4. The van der Waals surface area contributed by atoms with E-state index in [1.165, 1.54) is 51.9 Å². The van der Waals surface area contributed by atoms with E-state index in [0.29, 0.717) is 116 Å². The van der Waals surface area contributed by atoms with Crippen LogP contribution in [0.3, 0.4) is 0 Å². The molecule has 0 saturated heterocycles. The Morgan fingerprint density at radius 1 is 0.299 bits per heavy atom. The Labute approximate surface area is 940 Å². The summed E-state index contributed by atoms with van der Waals surface area (Å²) in [6, 6.07) is 68.8. The summed E-state index contributed by atoms with van der Waals surface area (Å²) < 4.78 is 101. The molecule has 0 aliphatic heterocycles. The molecule has 0 saturated carbocycles. The zero-order chi connectivity index (χ0) is 116. The first kappa shape index (κ1) is 111. The SMILES string of the molecule is CC(C)CC(=O)C=C(O)CC(C)C.CC(C)CC(=O)C=C(O)CC(C)C.CC(C)CC(=O)C=C(O)CC(C)C.Cc1[c-]c(-c2ccc3ccc(CC(C)C)cc3n2)cc(C)c1.[2H]C(C(=O)CC(C)C)=C(O)CC(C)C.[2H]C([2H])([2H])C(C)Cc1ccc2ccc(-c3[c-]c(C)cc(C)c3)nc2c1.[2H]C([2H])([2H])C([2H])(C)C([2H])([2H])c1ccc2ccc(-c3[c-]c(C)cc(C)c3)nc2c1.[2H]C([2H])([2H])c1[c-]c(-c2ccc3ccc(CC(C)C)cc3n2)cc(C)c1.[Ir].[Ir].[Ir].[Ir]. The van der Waals surface area contributed by atoms with Crippen molar-refractivity contribution in [3.63, 3.8) is 0 Å². The second kappa shape index (κ2) is 67.7. The summed E-state index contributed by atoms with van der Waals surface area (Å²) in [6.45, 7) is 50.8. The number of aliphatic hydroxyl groups excluding tert-OH is 4. The molecule has 144 heavy (non-hydrogen) atoms. The van der Waals surface area contributed by atoms with Crippen LogP contribution < -0.4 is 0 Å². The summed E-state index contributed by atoms with van der Waals surface area (Å²) in [6.07, 6.45) is 8.39. The van der Waals surface area contributed by atoms with Gasteiger partial charge < -0.3 is 20.4 Å². The number of rotatable bonds is 32.